The van der Waals surface area contributed by atoms with Crippen LogP contribution in [0.2, 0.25) is 0 Å². The molecule has 0 aliphatic rings. The van der Waals surface area contributed by atoms with Crippen molar-refractivity contribution in [1.29, 1.82) is 0 Å². The number of benzene rings is 2. The van der Waals surface area contributed by atoms with E-state index in [9.17, 15) is 13.2 Å². The number of hydrogen-bond donors (Lipinski definition) is 1. The summed E-state index contributed by atoms with van der Waals surface area (Å²) in [5.41, 5.74) is 2.15. The molecule has 0 bridgehead atoms. The van der Waals surface area contributed by atoms with Crippen LogP contribution < -0.4 is 5.32 Å². The molecule has 5 nitrogen and oxygen atoms in total. The van der Waals surface area contributed by atoms with Crippen LogP contribution in [0.4, 0.5) is 5.13 Å². The van der Waals surface area contributed by atoms with E-state index < -0.39 is 15.1 Å². The molecule has 0 aliphatic heterocycles. The van der Waals surface area contributed by atoms with E-state index in [4.69, 9.17) is 0 Å². The van der Waals surface area contributed by atoms with Gasteiger partial charge in [-0.25, -0.2) is 13.4 Å². The Morgan fingerprint density at radius 2 is 1.69 bits per heavy atom. The number of carbonyl (C=O) groups excluding carboxylic acids is 1. The Hall–Kier alpha value is -2.51. The number of sulfone groups is 1. The average molecular weight is 386 g/mol. The van der Waals surface area contributed by atoms with Gasteiger partial charge in [-0.05, 0) is 38.1 Å². The molecular formula is C19H18N2O3S2. The van der Waals surface area contributed by atoms with Gasteiger partial charge >= 0.3 is 0 Å². The predicted molar refractivity (Wildman–Crippen MR) is 104 cm³/mol. The molecule has 0 atom stereocenters. The van der Waals surface area contributed by atoms with Gasteiger partial charge in [-0.15, -0.1) is 11.3 Å². The average Bonchev–Trinajstić information content (AvgIpc) is 3.11. The van der Waals surface area contributed by atoms with Gasteiger partial charge < -0.3 is 0 Å². The van der Waals surface area contributed by atoms with Crippen molar-refractivity contribution in [1.82, 2.24) is 4.98 Å². The van der Waals surface area contributed by atoms with Gasteiger partial charge in [0.25, 0.3) is 5.91 Å². The number of hydrogen-bond acceptors (Lipinski definition) is 5. The van der Waals surface area contributed by atoms with Crippen LogP contribution in [0.3, 0.4) is 0 Å². The molecule has 1 heterocycles. The normalized spacial score (nSPS) is 11.5. The van der Waals surface area contributed by atoms with Gasteiger partial charge in [0.15, 0.2) is 15.0 Å². The maximum atomic E-state index is 12.4. The van der Waals surface area contributed by atoms with Gasteiger partial charge in [0.2, 0.25) is 0 Å². The Kier molecular flexibility index (Phi) is 5.20. The third-order valence-corrected chi connectivity index (χ3v) is 6.79. The molecule has 3 rings (SSSR count). The van der Waals surface area contributed by atoms with Crippen LogP contribution in [0.25, 0.3) is 11.3 Å². The van der Waals surface area contributed by atoms with Crippen molar-refractivity contribution in [3.05, 3.63) is 65.5 Å². The largest absolute Gasteiger partial charge is 0.298 e. The fourth-order valence-electron chi connectivity index (χ4n) is 2.31. The van der Waals surface area contributed by atoms with Gasteiger partial charge in [-0.3, -0.25) is 10.1 Å². The Balaban J connectivity index is 1.74. The van der Waals surface area contributed by atoms with Crippen LogP contribution in [0.5, 0.6) is 0 Å². The molecule has 1 aromatic heterocycles. The van der Waals surface area contributed by atoms with Crippen molar-refractivity contribution >= 4 is 32.2 Å². The van der Waals surface area contributed by atoms with E-state index in [0.717, 1.165) is 11.3 Å². The van der Waals surface area contributed by atoms with Crippen LogP contribution in [-0.2, 0) is 9.84 Å². The summed E-state index contributed by atoms with van der Waals surface area (Å²) in [6, 6.07) is 15.6. The van der Waals surface area contributed by atoms with Crippen molar-refractivity contribution in [2.75, 3.05) is 5.32 Å². The van der Waals surface area contributed by atoms with Gasteiger partial charge in [-0.2, -0.15) is 0 Å². The molecule has 134 valence electrons. The van der Waals surface area contributed by atoms with Gasteiger partial charge in [0, 0.05) is 16.5 Å². The van der Waals surface area contributed by atoms with E-state index in [-0.39, 0.29) is 10.8 Å². The van der Waals surface area contributed by atoms with E-state index in [1.54, 1.807) is 13.8 Å². The SMILES string of the molecule is CC(C)S(=O)(=O)c1ccc(C(=O)Nc2nc(-c3ccccc3)cs2)cc1. The summed E-state index contributed by atoms with van der Waals surface area (Å²) in [5, 5.41) is 4.61. The fraction of sp³-hybridized carbons (Fsp3) is 0.158. The standard InChI is InChI=1S/C19H18N2O3S2/c1-13(2)26(23,24)16-10-8-15(9-11-16)18(22)21-19-20-17(12-25-19)14-6-4-3-5-7-14/h3-13H,1-2H3,(H,20,21,22). The summed E-state index contributed by atoms with van der Waals surface area (Å²) < 4.78 is 24.3. The van der Waals surface area contributed by atoms with E-state index in [1.165, 1.54) is 35.6 Å². The van der Waals surface area contributed by atoms with Crippen molar-refractivity contribution < 1.29 is 13.2 Å². The quantitative estimate of drug-likeness (QED) is 0.711. The highest BCUT2D eigenvalue weighted by Gasteiger charge is 2.19. The summed E-state index contributed by atoms with van der Waals surface area (Å²) in [6.45, 7) is 3.26. The Morgan fingerprint density at radius 3 is 2.31 bits per heavy atom. The molecule has 1 amide bonds. The zero-order valence-electron chi connectivity index (χ0n) is 14.3. The molecule has 1 N–H and O–H groups in total. The first-order valence-electron chi connectivity index (χ1n) is 8.04. The molecule has 0 fully saturated rings. The summed E-state index contributed by atoms with van der Waals surface area (Å²) in [5.74, 6) is -0.326. The molecule has 0 aliphatic carbocycles. The molecule has 0 spiro atoms. The number of carbonyl (C=O) groups is 1. The zero-order valence-corrected chi connectivity index (χ0v) is 16.0. The lowest BCUT2D eigenvalue weighted by atomic mass is 10.2. The Labute approximate surface area is 156 Å². The van der Waals surface area contributed by atoms with Crippen LogP contribution >= 0.6 is 11.3 Å². The molecule has 3 aromatic rings. The number of nitrogens with zero attached hydrogens (tertiary/aromatic N) is 1. The van der Waals surface area contributed by atoms with Crippen LogP contribution in [0.1, 0.15) is 24.2 Å². The third kappa shape index (κ3) is 3.84. The first-order chi connectivity index (χ1) is 12.4. The molecule has 2 aromatic carbocycles. The Bertz CT molecular complexity index is 1010. The minimum Gasteiger partial charge on any atom is -0.298 e. The number of amides is 1. The highest BCUT2D eigenvalue weighted by molar-refractivity contribution is 7.92. The number of thiazole rings is 1. The maximum Gasteiger partial charge on any atom is 0.257 e. The lowest BCUT2D eigenvalue weighted by Gasteiger charge is -2.08. The third-order valence-electron chi connectivity index (χ3n) is 3.86. The van der Waals surface area contributed by atoms with Gasteiger partial charge in [0.05, 0.1) is 15.8 Å². The Morgan fingerprint density at radius 1 is 1.04 bits per heavy atom. The maximum absolute atomic E-state index is 12.4. The minimum absolute atomic E-state index is 0.213. The first-order valence-corrected chi connectivity index (χ1v) is 10.5. The monoisotopic (exact) mass is 386 g/mol. The summed E-state index contributed by atoms with van der Waals surface area (Å²) in [6.07, 6.45) is 0. The van der Waals surface area contributed by atoms with Crippen LogP contribution in [0, 0.1) is 0 Å². The van der Waals surface area contributed by atoms with E-state index in [2.05, 4.69) is 10.3 Å². The van der Waals surface area contributed by atoms with Crippen LogP contribution in [-0.4, -0.2) is 24.6 Å². The number of aromatic nitrogens is 1. The van der Waals surface area contributed by atoms with Crippen molar-refractivity contribution in [2.45, 2.75) is 24.0 Å². The first kappa shape index (κ1) is 18.3. The fourth-order valence-corrected chi connectivity index (χ4v) is 4.08. The molecule has 0 radical (unpaired) electrons. The molecular weight excluding hydrogens is 368 g/mol. The second kappa shape index (κ2) is 7.39. The predicted octanol–water partition coefficient (Wildman–Crippen LogP) is 4.24. The summed E-state index contributed by atoms with van der Waals surface area (Å²) in [4.78, 5) is 17.0. The van der Waals surface area contributed by atoms with Crippen LogP contribution in [0.15, 0.2) is 64.9 Å². The topological polar surface area (TPSA) is 76.1 Å². The molecule has 26 heavy (non-hydrogen) atoms. The lowest BCUT2D eigenvalue weighted by molar-refractivity contribution is 0.102. The number of rotatable bonds is 5. The summed E-state index contributed by atoms with van der Waals surface area (Å²) >= 11 is 1.34. The van der Waals surface area contributed by atoms with Gasteiger partial charge in [-0.1, -0.05) is 30.3 Å². The van der Waals surface area contributed by atoms with Crippen molar-refractivity contribution in [3.63, 3.8) is 0 Å². The second-order valence-corrected chi connectivity index (χ2v) is 9.34. The minimum atomic E-state index is -3.35. The summed E-state index contributed by atoms with van der Waals surface area (Å²) in [7, 11) is -3.35. The smallest absolute Gasteiger partial charge is 0.257 e. The molecule has 0 saturated carbocycles. The number of anilines is 1. The van der Waals surface area contributed by atoms with E-state index in [0.29, 0.717) is 10.7 Å². The second-order valence-electron chi connectivity index (χ2n) is 5.98. The zero-order chi connectivity index (χ0) is 18.7. The van der Waals surface area contributed by atoms with Gasteiger partial charge in [0.1, 0.15) is 0 Å². The highest BCUT2D eigenvalue weighted by atomic mass is 32.2. The lowest BCUT2D eigenvalue weighted by Crippen LogP contribution is -2.15. The number of nitrogens with one attached hydrogen (secondary N) is 1. The van der Waals surface area contributed by atoms with Crippen molar-refractivity contribution in [2.24, 2.45) is 0 Å². The van der Waals surface area contributed by atoms with E-state index in [1.807, 2.05) is 35.7 Å². The molecule has 0 saturated heterocycles. The molecule has 0 unspecified atom stereocenters. The van der Waals surface area contributed by atoms with E-state index >= 15 is 0 Å². The molecule has 7 heteroatoms. The van der Waals surface area contributed by atoms with Crippen molar-refractivity contribution in [3.8, 4) is 11.3 Å². The highest BCUT2D eigenvalue weighted by Crippen LogP contribution is 2.25.